The third kappa shape index (κ3) is 5.64. The normalized spacial score (nSPS) is 20.7. The summed E-state index contributed by atoms with van der Waals surface area (Å²) in [4.78, 5) is 41.5. The Kier molecular flexibility index (Phi) is 9.02. The van der Waals surface area contributed by atoms with E-state index in [1.165, 1.54) is 10.9 Å². The quantitative estimate of drug-likeness (QED) is 0.0845. The van der Waals surface area contributed by atoms with E-state index in [4.69, 9.17) is 36.3 Å². The highest BCUT2D eigenvalue weighted by Gasteiger charge is 2.53. The van der Waals surface area contributed by atoms with Crippen LogP contribution in [0.4, 0.5) is 5.82 Å². The first-order chi connectivity index (χ1) is 19.2. The Hall–Kier alpha value is -4.01. The van der Waals surface area contributed by atoms with Crippen molar-refractivity contribution < 1.29 is 33.6 Å². The van der Waals surface area contributed by atoms with E-state index in [1.54, 1.807) is 44.2 Å². The Bertz CT molecular complexity index is 1400. The van der Waals surface area contributed by atoms with Gasteiger partial charge in [-0.15, -0.1) is 0 Å². The number of hydrogen-bond acceptors (Lipinski definition) is 12. The number of azide groups is 1. The zero-order chi connectivity index (χ0) is 28.9. The number of carbonyl (C=O) groups excluding carboxylic acids is 2. The minimum absolute atomic E-state index is 0.0160. The topological polar surface area (TPSA) is 210 Å². The number of carbonyl (C=O) groups is 2. The fraction of sp³-hybridized carbons (Fsp3) is 0.458. The third-order valence-corrected chi connectivity index (χ3v) is 6.39. The van der Waals surface area contributed by atoms with Gasteiger partial charge in [0.15, 0.2) is 17.7 Å². The van der Waals surface area contributed by atoms with E-state index < -0.39 is 48.6 Å². The van der Waals surface area contributed by atoms with Crippen molar-refractivity contribution in [3.05, 3.63) is 57.9 Å². The maximum atomic E-state index is 13.3. The molecule has 40 heavy (non-hydrogen) atoms. The Morgan fingerprint density at radius 3 is 2.52 bits per heavy atom. The Morgan fingerprint density at radius 2 is 1.90 bits per heavy atom. The molecule has 212 valence electrons. The molecule has 0 unspecified atom stereocenters. The van der Waals surface area contributed by atoms with Crippen LogP contribution in [0.5, 0.6) is 0 Å². The highest BCUT2D eigenvalue weighted by atomic mass is 35.5. The molecule has 4 rings (SSSR count). The molecular weight excluding hydrogens is 548 g/mol. The molecule has 0 saturated carbocycles. The van der Waals surface area contributed by atoms with Crippen LogP contribution in [0, 0.1) is 0 Å². The van der Waals surface area contributed by atoms with Gasteiger partial charge in [-0.2, -0.15) is 9.97 Å². The fourth-order valence-corrected chi connectivity index (χ4v) is 4.57. The van der Waals surface area contributed by atoms with Crippen molar-refractivity contribution in [3.8, 4) is 0 Å². The maximum Gasteiger partial charge on any atom is 0.350 e. The second-order valence-electron chi connectivity index (χ2n) is 8.69. The molecule has 0 aliphatic carbocycles. The lowest BCUT2D eigenvalue weighted by Gasteiger charge is -2.31. The molecule has 1 aromatic carbocycles. The fourth-order valence-electron chi connectivity index (χ4n) is 4.40. The molecule has 0 bridgehead atoms. The number of esters is 2. The lowest BCUT2D eigenvalue weighted by atomic mass is 9.93. The molecule has 1 aliphatic heterocycles. The minimum atomic E-state index is -2.21. The number of aliphatic hydroxyl groups is 1. The van der Waals surface area contributed by atoms with E-state index in [9.17, 15) is 20.2 Å². The minimum Gasteiger partial charge on any atom is -0.463 e. The van der Waals surface area contributed by atoms with Gasteiger partial charge in [0.05, 0.1) is 38.3 Å². The van der Waals surface area contributed by atoms with Crippen molar-refractivity contribution in [1.29, 1.82) is 0 Å². The average molecular weight is 575 g/mol. The Labute approximate surface area is 232 Å². The molecule has 3 aromatic rings. The number of aliphatic hydroxyl groups excluding tert-OH is 1. The number of imidazole rings is 1. The van der Waals surface area contributed by atoms with Gasteiger partial charge < -0.3 is 29.8 Å². The van der Waals surface area contributed by atoms with Crippen LogP contribution in [-0.2, 0) is 35.0 Å². The number of nitrogens with two attached hydrogens (primary N) is 1. The Balaban J connectivity index is 1.68. The van der Waals surface area contributed by atoms with Gasteiger partial charge >= 0.3 is 11.9 Å². The predicted molar refractivity (Wildman–Crippen MR) is 140 cm³/mol. The summed E-state index contributed by atoms with van der Waals surface area (Å²) in [6, 6.07) is 7.51. The number of nitrogen functional groups attached to an aromatic ring is 1. The second-order valence-corrected chi connectivity index (χ2v) is 9.03. The summed E-state index contributed by atoms with van der Waals surface area (Å²) in [6.45, 7) is 2.66. The van der Waals surface area contributed by atoms with Crippen molar-refractivity contribution in [1.82, 2.24) is 19.5 Å². The van der Waals surface area contributed by atoms with Gasteiger partial charge in [0.2, 0.25) is 5.28 Å². The third-order valence-electron chi connectivity index (χ3n) is 6.22. The van der Waals surface area contributed by atoms with E-state index in [-0.39, 0.29) is 41.9 Å². The van der Waals surface area contributed by atoms with Gasteiger partial charge in [0.1, 0.15) is 11.6 Å². The van der Waals surface area contributed by atoms with Gasteiger partial charge in [0, 0.05) is 11.3 Å². The molecule has 1 saturated heterocycles. The summed E-state index contributed by atoms with van der Waals surface area (Å²) in [6.07, 6.45) is -2.61. The van der Waals surface area contributed by atoms with Gasteiger partial charge in [-0.1, -0.05) is 35.4 Å². The van der Waals surface area contributed by atoms with Crippen LogP contribution in [-0.4, -0.2) is 80.2 Å². The zero-order valence-electron chi connectivity index (χ0n) is 21.6. The van der Waals surface area contributed by atoms with Crippen molar-refractivity contribution in [3.63, 3.8) is 0 Å². The first kappa shape index (κ1) is 29.0. The number of benzene rings is 1. The molecule has 16 heteroatoms. The number of halogens is 1. The van der Waals surface area contributed by atoms with Crippen molar-refractivity contribution in [2.24, 2.45) is 5.11 Å². The highest BCUT2D eigenvalue weighted by Crippen LogP contribution is 2.35. The molecule has 2 aromatic heterocycles. The van der Waals surface area contributed by atoms with E-state index in [0.717, 1.165) is 0 Å². The smallest absolute Gasteiger partial charge is 0.350 e. The number of anilines is 1. The first-order valence-corrected chi connectivity index (χ1v) is 12.7. The molecule has 0 amide bonds. The predicted octanol–water partition coefficient (Wildman–Crippen LogP) is 2.12. The lowest BCUT2D eigenvalue weighted by molar-refractivity contribution is -0.195. The number of nitrogens with zero attached hydrogens (tertiary/aromatic N) is 7. The number of rotatable bonds is 11. The molecule has 0 radical (unpaired) electrons. The van der Waals surface area contributed by atoms with E-state index >= 15 is 0 Å². The summed E-state index contributed by atoms with van der Waals surface area (Å²) >= 11 is 5.96. The molecular formula is C24H27ClN8O7. The average Bonchev–Trinajstić information content (AvgIpc) is 3.48. The lowest BCUT2D eigenvalue weighted by Crippen LogP contribution is -2.54. The summed E-state index contributed by atoms with van der Waals surface area (Å²) in [7, 11) is 0. The van der Waals surface area contributed by atoms with Crippen molar-refractivity contribution >= 4 is 40.5 Å². The van der Waals surface area contributed by atoms with Crippen LogP contribution in [0.1, 0.15) is 25.6 Å². The van der Waals surface area contributed by atoms with Crippen LogP contribution in [0.25, 0.3) is 21.6 Å². The second kappa shape index (κ2) is 12.4. The van der Waals surface area contributed by atoms with Gasteiger partial charge in [-0.25, -0.2) is 14.6 Å². The highest BCUT2D eigenvalue weighted by molar-refractivity contribution is 6.28. The standard InChI is InChI=1S/C24H27ClN8O7/c1-3-37-21(35)24(22(36)38-4-2,10-13-8-6-5-7-9-13)39-11-14-15(31-32-27)17(34)20(40-14)33-12-28-16-18(26)29-23(25)30-19(16)33/h5-9,12,14-15,17,20,34H,3-4,10-11H2,1-2H3,(H2,26,29,30)/t14-,15+,17-,20-/m1/s1. The summed E-state index contributed by atoms with van der Waals surface area (Å²) in [5.41, 5.74) is 13.8. The van der Waals surface area contributed by atoms with E-state index in [0.29, 0.717) is 5.56 Å². The van der Waals surface area contributed by atoms with Crippen LogP contribution >= 0.6 is 11.6 Å². The molecule has 1 aliphatic rings. The van der Waals surface area contributed by atoms with Gasteiger partial charge in [0.25, 0.3) is 5.60 Å². The van der Waals surface area contributed by atoms with Crippen LogP contribution < -0.4 is 5.73 Å². The number of aromatic nitrogens is 4. The summed E-state index contributed by atoms with van der Waals surface area (Å²) in [5, 5.41) is 14.6. The van der Waals surface area contributed by atoms with Crippen molar-refractivity contribution in [2.45, 2.75) is 50.3 Å². The SMILES string of the molecule is CCOC(=O)C(Cc1ccccc1)(OC[C@H]1O[C@@H](n2cnc3c(N)nc(Cl)nc32)[C@H](O)[C@H]1N=[N+]=[N-])C(=O)OCC. The van der Waals surface area contributed by atoms with Crippen LogP contribution in [0.3, 0.4) is 0 Å². The maximum absolute atomic E-state index is 13.3. The first-order valence-electron chi connectivity index (χ1n) is 12.3. The summed E-state index contributed by atoms with van der Waals surface area (Å²) in [5.74, 6) is -1.91. The summed E-state index contributed by atoms with van der Waals surface area (Å²) < 4.78 is 23.8. The van der Waals surface area contributed by atoms with Gasteiger partial charge in [-0.3, -0.25) is 4.57 Å². The van der Waals surface area contributed by atoms with Crippen LogP contribution in [0.2, 0.25) is 5.28 Å². The van der Waals surface area contributed by atoms with Gasteiger partial charge in [-0.05, 0) is 36.5 Å². The molecule has 0 spiro atoms. The number of fused-ring (bicyclic) bond motifs is 1. The molecule has 4 atom stereocenters. The van der Waals surface area contributed by atoms with E-state index in [1.807, 2.05) is 0 Å². The molecule has 1 fully saturated rings. The zero-order valence-corrected chi connectivity index (χ0v) is 22.3. The monoisotopic (exact) mass is 574 g/mol. The molecule has 3 N–H and O–H groups in total. The van der Waals surface area contributed by atoms with Crippen molar-refractivity contribution in [2.75, 3.05) is 25.6 Å². The van der Waals surface area contributed by atoms with E-state index in [2.05, 4.69) is 25.0 Å². The Morgan fingerprint density at radius 1 is 1.23 bits per heavy atom. The molecule has 15 nitrogen and oxygen atoms in total. The number of hydrogen-bond donors (Lipinski definition) is 2. The molecule has 3 heterocycles. The number of ether oxygens (including phenoxy) is 4. The largest absolute Gasteiger partial charge is 0.463 e. The van der Waals surface area contributed by atoms with Crippen LogP contribution in [0.15, 0.2) is 41.8 Å².